The van der Waals surface area contributed by atoms with Crippen LogP contribution in [0.3, 0.4) is 0 Å². The molecule has 2 N–H and O–H groups in total. The number of aromatic nitrogens is 1. The highest BCUT2D eigenvalue weighted by molar-refractivity contribution is 6.36. The lowest BCUT2D eigenvalue weighted by atomic mass is 9.78. The number of ether oxygens (including phenoxy) is 1. The van der Waals surface area contributed by atoms with Crippen LogP contribution in [0.25, 0.3) is 10.9 Å². The summed E-state index contributed by atoms with van der Waals surface area (Å²) in [5, 5.41) is 15.3. The number of halogens is 3. The van der Waals surface area contributed by atoms with Crippen molar-refractivity contribution in [2.24, 2.45) is 5.92 Å². The van der Waals surface area contributed by atoms with Gasteiger partial charge in [-0.25, -0.2) is 13.8 Å². The standard InChI is InChI=1S/C25H23ClF2N2O2/c1-4-25(31,18-13-29-14-18)17-9-10-21-19(12-17)22(26)20(23(30-21)32-3)11-15-5-7-16(8-6-15)24(2,27)28/h1,5-10,12,18,29,31H,11,13-14H2,2-3H3. The first-order chi connectivity index (χ1) is 15.2. The SMILES string of the molecule is C#CC(O)(c1ccc2nc(OC)c(Cc3ccc(C(C)(F)F)cc3)c(Cl)c2c1)C1CNC1. The van der Waals surface area contributed by atoms with E-state index < -0.39 is 11.5 Å². The normalized spacial score (nSPS) is 16.3. The smallest absolute Gasteiger partial charge is 0.270 e. The highest BCUT2D eigenvalue weighted by atomic mass is 35.5. The first-order valence-electron chi connectivity index (χ1n) is 10.2. The molecule has 0 amide bonds. The number of rotatable bonds is 6. The van der Waals surface area contributed by atoms with Gasteiger partial charge in [0.25, 0.3) is 5.92 Å². The molecule has 0 saturated carbocycles. The second kappa shape index (κ2) is 8.32. The van der Waals surface area contributed by atoms with Crippen molar-refractivity contribution < 1.29 is 18.6 Å². The van der Waals surface area contributed by atoms with E-state index in [1.54, 1.807) is 30.3 Å². The number of hydrogen-bond donors (Lipinski definition) is 2. The number of fused-ring (bicyclic) bond motifs is 1. The zero-order valence-electron chi connectivity index (χ0n) is 17.8. The largest absolute Gasteiger partial charge is 0.481 e. The van der Waals surface area contributed by atoms with Crippen LogP contribution in [0.1, 0.15) is 29.2 Å². The third-order valence-corrected chi connectivity index (χ3v) is 6.48. The van der Waals surface area contributed by atoms with Crippen LogP contribution in [0, 0.1) is 18.3 Å². The van der Waals surface area contributed by atoms with E-state index in [1.807, 2.05) is 0 Å². The van der Waals surface area contributed by atoms with Crippen molar-refractivity contribution in [2.75, 3.05) is 20.2 Å². The Morgan fingerprint density at radius 1 is 1.22 bits per heavy atom. The van der Waals surface area contributed by atoms with E-state index >= 15 is 0 Å². The molecule has 1 atom stereocenters. The minimum Gasteiger partial charge on any atom is -0.481 e. The Morgan fingerprint density at radius 3 is 2.41 bits per heavy atom. The molecule has 2 aromatic carbocycles. The maximum absolute atomic E-state index is 13.5. The van der Waals surface area contributed by atoms with Gasteiger partial charge in [0.1, 0.15) is 0 Å². The summed E-state index contributed by atoms with van der Waals surface area (Å²) in [4.78, 5) is 4.56. The monoisotopic (exact) mass is 456 g/mol. The maximum Gasteiger partial charge on any atom is 0.270 e. The van der Waals surface area contributed by atoms with E-state index in [-0.39, 0.29) is 11.5 Å². The summed E-state index contributed by atoms with van der Waals surface area (Å²) in [5.74, 6) is -0.0988. The summed E-state index contributed by atoms with van der Waals surface area (Å²) in [6.45, 7) is 2.13. The molecule has 3 aromatic rings. The highest BCUT2D eigenvalue weighted by Crippen LogP contribution is 2.38. The van der Waals surface area contributed by atoms with Crippen LogP contribution >= 0.6 is 11.6 Å². The number of aliphatic hydroxyl groups is 1. The van der Waals surface area contributed by atoms with Gasteiger partial charge in [0.2, 0.25) is 5.88 Å². The highest BCUT2D eigenvalue weighted by Gasteiger charge is 2.40. The van der Waals surface area contributed by atoms with Gasteiger partial charge in [-0.05, 0) is 23.3 Å². The molecule has 1 saturated heterocycles. The Kier molecular flexibility index (Phi) is 5.85. The molecule has 1 fully saturated rings. The molecule has 32 heavy (non-hydrogen) atoms. The molecule has 0 aliphatic carbocycles. The van der Waals surface area contributed by atoms with E-state index in [9.17, 15) is 13.9 Å². The molecule has 0 spiro atoms. The number of hydrogen-bond acceptors (Lipinski definition) is 4. The van der Waals surface area contributed by atoms with Gasteiger partial charge in [0, 0.05) is 48.9 Å². The van der Waals surface area contributed by atoms with Crippen LogP contribution in [-0.2, 0) is 17.9 Å². The van der Waals surface area contributed by atoms with Gasteiger partial charge in [-0.3, -0.25) is 0 Å². The fourth-order valence-electron chi connectivity index (χ4n) is 3.94. The fourth-order valence-corrected chi connectivity index (χ4v) is 4.24. The summed E-state index contributed by atoms with van der Waals surface area (Å²) in [6, 6.07) is 11.4. The van der Waals surface area contributed by atoms with Crippen molar-refractivity contribution in [1.29, 1.82) is 0 Å². The number of alkyl halides is 2. The van der Waals surface area contributed by atoms with Gasteiger partial charge < -0.3 is 15.2 Å². The van der Waals surface area contributed by atoms with Crippen LogP contribution < -0.4 is 10.1 Å². The Labute approximate surface area is 190 Å². The lowest BCUT2D eigenvalue weighted by Gasteiger charge is -2.39. The van der Waals surface area contributed by atoms with Crippen LogP contribution in [0.2, 0.25) is 5.02 Å². The third kappa shape index (κ3) is 3.93. The van der Waals surface area contributed by atoms with Crippen molar-refractivity contribution in [2.45, 2.75) is 24.9 Å². The number of nitrogens with one attached hydrogen (secondary N) is 1. The number of pyridine rings is 1. The first kappa shape index (κ1) is 22.5. The number of benzene rings is 2. The first-order valence-corrected chi connectivity index (χ1v) is 10.6. The van der Waals surface area contributed by atoms with Gasteiger partial charge >= 0.3 is 0 Å². The van der Waals surface area contributed by atoms with E-state index in [4.69, 9.17) is 22.8 Å². The summed E-state index contributed by atoms with van der Waals surface area (Å²) >= 11 is 6.79. The summed E-state index contributed by atoms with van der Waals surface area (Å²) in [5.41, 5.74) is 1.13. The molecule has 4 rings (SSSR count). The zero-order valence-corrected chi connectivity index (χ0v) is 18.5. The van der Waals surface area contributed by atoms with Crippen molar-refractivity contribution in [3.05, 3.63) is 69.7 Å². The van der Waals surface area contributed by atoms with Crippen LogP contribution in [0.15, 0.2) is 42.5 Å². The van der Waals surface area contributed by atoms with Crippen LogP contribution in [0.5, 0.6) is 5.88 Å². The predicted molar refractivity (Wildman–Crippen MR) is 121 cm³/mol. The Balaban J connectivity index is 1.77. The van der Waals surface area contributed by atoms with E-state index in [2.05, 4.69) is 16.2 Å². The van der Waals surface area contributed by atoms with Crippen molar-refractivity contribution in [3.8, 4) is 18.2 Å². The lowest BCUT2D eigenvalue weighted by Crippen LogP contribution is -2.53. The average molecular weight is 457 g/mol. The maximum atomic E-state index is 13.5. The van der Waals surface area contributed by atoms with Gasteiger partial charge in [0.05, 0.1) is 17.6 Å². The topological polar surface area (TPSA) is 54.4 Å². The molecule has 4 nitrogen and oxygen atoms in total. The van der Waals surface area contributed by atoms with Gasteiger partial charge in [-0.2, -0.15) is 0 Å². The summed E-state index contributed by atoms with van der Waals surface area (Å²) in [6.07, 6.45) is 6.05. The molecular formula is C25H23ClF2N2O2. The summed E-state index contributed by atoms with van der Waals surface area (Å²) < 4.78 is 32.5. The van der Waals surface area contributed by atoms with Gasteiger partial charge in [-0.15, -0.1) is 6.42 Å². The minimum atomic E-state index is -2.90. The molecule has 1 unspecified atom stereocenters. The van der Waals surface area contributed by atoms with Gasteiger partial charge in [0.15, 0.2) is 5.60 Å². The average Bonchev–Trinajstić information content (AvgIpc) is 2.73. The Hall–Kier alpha value is -2.72. The lowest BCUT2D eigenvalue weighted by molar-refractivity contribution is 0.00911. The Morgan fingerprint density at radius 2 is 1.88 bits per heavy atom. The minimum absolute atomic E-state index is 0.0559. The third-order valence-electron chi connectivity index (χ3n) is 6.05. The van der Waals surface area contributed by atoms with E-state index in [0.29, 0.717) is 52.4 Å². The van der Waals surface area contributed by atoms with Crippen molar-refractivity contribution >= 4 is 22.5 Å². The zero-order chi connectivity index (χ0) is 23.1. The van der Waals surface area contributed by atoms with Crippen LogP contribution in [-0.4, -0.2) is 30.3 Å². The number of methoxy groups -OCH3 is 1. The molecule has 1 aliphatic heterocycles. The molecule has 0 radical (unpaired) electrons. The Bertz CT molecular complexity index is 1200. The fraction of sp³-hybridized carbons (Fsp3) is 0.320. The number of nitrogens with zero attached hydrogens (tertiary/aromatic N) is 1. The summed E-state index contributed by atoms with van der Waals surface area (Å²) in [7, 11) is 1.50. The predicted octanol–water partition coefficient (Wildman–Crippen LogP) is 4.64. The van der Waals surface area contributed by atoms with Gasteiger partial charge in [-0.1, -0.05) is 47.9 Å². The molecule has 1 aromatic heterocycles. The van der Waals surface area contributed by atoms with Crippen molar-refractivity contribution in [3.63, 3.8) is 0 Å². The van der Waals surface area contributed by atoms with Crippen LogP contribution in [0.4, 0.5) is 8.78 Å². The van der Waals surface area contributed by atoms with E-state index in [0.717, 1.165) is 12.5 Å². The molecule has 0 bridgehead atoms. The van der Waals surface area contributed by atoms with Crippen molar-refractivity contribution in [1.82, 2.24) is 10.3 Å². The number of terminal acetylenes is 1. The molecule has 7 heteroatoms. The second-order valence-electron chi connectivity index (χ2n) is 8.17. The van der Waals surface area contributed by atoms with E-state index in [1.165, 1.54) is 19.2 Å². The molecule has 2 heterocycles. The second-order valence-corrected chi connectivity index (χ2v) is 8.55. The quantitative estimate of drug-likeness (QED) is 0.531. The molecule has 1 aliphatic rings. The molecular weight excluding hydrogens is 434 g/mol. The molecule has 166 valence electrons.